The first-order valence-electron chi connectivity index (χ1n) is 7.16. The normalized spacial score (nSPS) is 22.7. The first kappa shape index (κ1) is 18.9. The van der Waals surface area contributed by atoms with Crippen molar-refractivity contribution in [3.8, 4) is 0 Å². The Kier molecular flexibility index (Phi) is 6.22. The molecule has 0 spiro atoms. The lowest BCUT2D eigenvalue weighted by molar-refractivity contribution is -0.136. The topological polar surface area (TPSA) is 57.5 Å². The zero-order valence-electron chi connectivity index (χ0n) is 13.9. The van der Waals surface area contributed by atoms with Crippen LogP contribution in [0.3, 0.4) is 0 Å². The second-order valence-corrected chi connectivity index (χ2v) is 7.40. The van der Waals surface area contributed by atoms with E-state index in [2.05, 4.69) is 47.6 Å². The minimum absolute atomic E-state index is 0.117. The summed E-state index contributed by atoms with van der Waals surface area (Å²) in [4.78, 5) is 9.37. The van der Waals surface area contributed by atoms with Gasteiger partial charge in [0.05, 0.1) is 5.60 Å². The molecule has 0 aliphatic heterocycles. The van der Waals surface area contributed by atoms with Crippen molar-refractivity contribution >= 4 is 5.97 Å². The molecule has 1 aliphatic carbocycles. The van der Waals surface area contributed by atoms with Gasteiger partial charge in [-0.25, -0.2) is 0 Å². The lowest BCUT2D eigenvalue weighted by Crippen LogP contribution is -2.43. The van der Waals surface area contributed by atoms with Gasteiger partial charge in [0, 0.05) is 12.8 Å². The average molecular weight is 282 g/mol. The molecule has 0 radical (unpaired) electrons. The molecule has 3 nitrogen and oxygen atoms in total. The number of allylic oxidation sites excluding steroid dienone is 2. The third kappa shape index (κ3) is 5.49. The number of carbonyl (C=O) groups is 1. The van der Waals surface area contributed by atoms with Crippen molar-refractivity contribution < 1.29 is 15.0 Å². The zero-order chi connectivity index (χ0) is 16.2. The summed E-state index contributed by atoms with van der Waals surface area (Å²) in [6, 6.07) is 0. The van der Waals surface area contributed by atoms with Crippen molar-refractivity contribution in [3.63, 3.8) is 0 Å². The van der Waals surface area contributed by atoms with Crippen molar-refractivity contribution in [2.45, 2.75) is 66.9 Å². The van der Waals surface area contributed by atoms with Crippen LogP contribution in [0.15, 0.2) is 23.8 Å². The van der Waals surface area contributed by atoms with Crippen molar-refractivity contribution in [1.29, 1.82) is 0 Å². The van der Waals surface area contributed by atoms with Gasteiger partial charge in [-0.1, -0.05) is 72.3 Å². The van der Waals surface area contributed by atoms with Crippen LogP contribution in [-0.2, 0) is 4.79 Å². The highest BCUT2D eigenvalue weighted by Crippen LogP contribution is 2.43. The fourth-order valence-corrected chi connectivity index (χ4v) is 1.76. The van der Waals surface area contributed by atoms with E-state index in [4.69, 9.17) is 5.11 Å². The predicted molar refractivity (Wildman–Crippen MR) is 83.6 cm³/mol. The minimum Gasteiger partial charge on any atom is -0.481 e. The Balaban J connectivity index is 0.000000621. The Hall–Kier alpha value is -1.09. The van der Waals surface area contributed by atoms with Gasteiger partial charge in [-0.05, 0) is 10.8 Å². The summed E-state index contributed by atoms with van der Waals surface area (Å²) in [5, 5.41) is 18.3. The molecule has 0 aromatic carbocycles. The van der Waals surface area contributed by atoms with Crippen LogP contribution in [0.4, 0.5) is 0 Å². The van der Waals surface area contributed by atoms with Crippen molar-refractivity contribution in [3.05, 3.63) is 23.8 Å². The van der Waals surface area contributed by atoms with Crippen molar-refractivity contribution in [1.82, 2.24) is 0 Å². The predicted octanol–water partition coefficient (Wildman–Crippen LogP) is 4.18. The number of hydrogen-bond donors (Lipinski definition) is 2. The Morgan fingerprint density at radius 1 is 1.25 bits per heavy atom. The molecule has 0 fully saturated rings. The number of aliphatic hydroxyl groups is 1. The summed E-state index contributed by atoms with van der Waals surface area (Å²) in [7, 11) is 0. The molecule has 3 heteroatoms. The highest BCUT2D eigenvalue weighted by Gasteiger charge is 2.40. The third-order valence-electron chi connectivity index (χ3n) is 3.69. The van der Waals surface area contributed by atoms with Crippen molar-refractivity contribution in [2.75, 3.05) is 0 Å². The number of carboxylic acids is 1. The largest absolute Gasteiger partial charge is 0.481 e. The molecule has 1 aliphatic rings. The quantitative estimate of drug-likeness (QED) is 0.758. The van der Waals surface area contributed by atoms with Gasteiger partial charge in [-0.2, -0.15) is 0 Å². The van der Waals surface area contributed by atoms with E-state index in [1.807, 2.05) is 12.2 Å². The minimum atomic E-state index is -0.745. The van der Waals surface area contributed by atoms with Crippen molar-refractivity contribution in [2.24, 2.45) is 10.8 Å². The first-order valence-corrected chi connectivity index (χ1v) is 7.16. The molecule has 0 heterocycles. The molecule has 0 amide bonds. The van der Waals surface area contributed by atoms with Gasteiger partial charge in [0.1, 0.15) is 0 Å². The average Bonchev–Trinajstić information content (AvgIpc) is 2.27. The maximum Gasteiger partial charge on any atom is 0.303 e. The number of hydrogen-bond acceptors (Lipinski definition) is 2. The fourth-order valence-electron chi connectivity index (χ4n) is 1.76. The smallest absolute Gasteiger partial charge is 0.303 e. The summed E-state index contributed by atoms with van der Waals surface area (Å²) in [6.07, 6.45) is 7.04. The molecule has 2 N–H and O–H groups in total. The molecule has 0 saturated heterocycles. The summed E-state index contributed by atoms with van der Waals surface area (Å²) in [6.45, 7) is 14.4. The molecule has 116 valence electrons. The number of carboxylic acid groups (broad SMARTS) is 1. The summed E-state index contributed by atoms with van der Waals surface area (Å²) in [5.41, 5.74) is 0.644. The van der Waals surface area contributed by atoms with Gasteiger partial charge in [-0.15, -0.1) is 0 Å². The second kappa shape index (κ2) is 6.57. The standard InChI is InChI=1S/C14H24O.C3H6O2/c1-12(2,3)11-8-7-9-14(15,10-11)13(4,5)6;1-2-3(4)5/h7-9,15H,10H2,1-6H3;2H2,1H3,(H,4,5). The fraction of sp³-hybridized carbons (Fsp3) is 0.706. The highest BCUT2D eigenvalue weighted by molar-refractivity contribution is 5.66. The summed E-state index contributed by atoms with van der Waals surface area (Å²) in [5.74, 6) is -0.745. The molecule has 0 saturated carbocycles. The Morgan fingerprint density at radius 3 is 2.00 bits per heavy atom. The van der Waals surface area contributed by atoms with Crippen LogP contribution >= 0.6 is 0 Å². The highest BCUT2D eigenvalue weighted by atomic mass is 16.4. The lowest BCUT2D eigenvalue weighted by atomic mass is 9.67. The van der Waals surface area contributed by atoms with Crippen LogP contribution in [0.1, 0.15) is 61.3 Å². The van der Waals surface area contributed by atoms with Crippen LogP contribution < -0.4 is 0 Å². The van der Waals surface area contributed by atoms with Gasteiger partial charge in [0.25, 0.3) is 0 Å². The molecule has 0 aromatic rings. The van der Waals surface area contributed by atoms with Crippen LogP contribution in [0.25, 0.3) is 0 Å². The molecule has 1 rings (SSSR count). The molecule has 0 bridgehead atoms. The van der Waals surface area contributed by atoms with Gasteiger partial charge < -0.3 is 10.2 Å². The summed E-state index contributed by atoms with van der Waals surface area (Å²) >= 11 is 0. The van der Waals surface area contributed by atoms with Crippen LogP contribution in [0.5, 0.6) is 0 Å². The van der Waals surface area contributed by atoms with E-state index in [1.54, 1.807) is 6.92 Å². The van der Waals surface area contributed by atoms with E-state index in [1.165, 1.54) is 5.57 Å². The third-order valence-corrected chi connectivity index (χ3v) is 3.69. The van der Waals surface area contributed by atoms with E-state index >= 15 is 0 Å². The van der Waals surface area contributed by atoms with E-state index in [0.29, 0.717) is 0 Å². The Bertz CT molecular complexity index is 391. The zero-order valence-corrected chi connectivity index (χ0v) is 13.9. The van der Waals surface area contributed by atoms with Gasteiger partial charge in [-0.3, -0.25) is 4.79 Å². The molecular formula is C17H30O3. The lowest BCUT2D eigenvalue weighted by Gasteiger charge is -2.42. The van der Waals surface area contributed by atoms with Crippen LogP contribution in [0, 0.1) is 10.8 Å². The van der Waals surface area contributed by atoms with E-state index < -0.39 is 11.6 Å². The first-order chi connectivity index (χ1) is 8.83. The SMILES string of the molecule is CC(C)(C)C1=CC=CC(O)(C(C)(C)C)C1.CCC(=O)O. The van der Waals surface area contributed by atoms with Crippen LogP contribution in [-0.4, -0.2) is 21.8 Å². The van der Waals surface area contributed by atoms with Gasteiger partial charge in [0.2, 0.25) is 0 Å². The van der Waals surface area contributed by atoms with Gasteiger partial charge >= 0.3 is 5.97 Å². The molecule has 1 atom stereocenters. The Morgan fingerprint density at radius 2 is 1.70 bits per heavy atom. The van der Waals surface area contributed by atoms with Gasteiger partial charge in [0.15, 0.2) is 0 Å². The maximum atomic E-state index is 10.6. The van der Waals surface area contributed by atoms with E-state index in [9.17, 15) is 9.90 Å². The molecule has 0 aromatic heterocycles. The van der Waals surface area contributed by atoms with E-state index in [-0.39, 0.29) is 17.3 Å². The van der Waals surface area contributed by atoms with E-state index in [0.717, 1.165) is 6.42 Å². The maximum absolute atomic E-state index is 10.6. The Labute approximate surface area is 123 Å². The van der Waals surface area contributed by atoms with Crippen LogP contribution in [0.2, 0.25) is 0 Å². The molecular weight excluding hydrogens is 252 g/mol. The number of aliphatic carboxylic acids is 1. The second-order valence-electron chi connectivity index (χ2n) is 7.40. The molecule has 20 heavy (non-hydrogen) atoms. The molecule has 1 unspecified atom stereocenters. The monoisotopic (exact) mass is 282 g/mol. The number of rotatable bonds is 1. The summed E-state index contributed by atoms with van der Waals surface area (Å²) < 4.78 is 0.